The third kappa shape index (κ3) is 5.61. The highest BCUT2D eigenvalue weighted by Gasteiger charge is 2.23. The summed E-state index contributed by atoms with van der Waals surface area (Å²) in [5.74, 6) is -0.120. The molecule has 0 fully saturated rings. The summed E-state index contributed by atoms with van der Waals surface area (Å²) in [6.07, 6.45) is 0.942. The van der Waals surface area contributed by atoms with E-state index in [1.165, 1.54) is 43.3 Å². The Balaban J connectivity index is 2.34. The molecule has 27 heavy (non-hydrogen) atoms. The molecule has 0 amide bonds. The molecule has 148 valence electrons. The number of rotatable bonds is 7. The van der Waals surface area contributed by atoms with E-state index in [1.807, 2.05) is 0 Å². The van der Waals surface area contributed by atoms with Gasteiger partial charge >= 0.3 is 6.61 Å². The van der Waals surface area contributed by atoms with Crippen LogP contribution in [-0.4, -0.2) is 29.7 Å². The lowest BCUT2D eigenvalue weighted by atomic mass is 10.1. The molecule has 0 spiro atoms. The van der Waals surface area contributed by atoms with Crippen molar-refractivity contribution in [2.24, 2.45) is 0 Å². The van der Waals surface area contributed by atoms with Gasteiger partial charge in [-0.05, 0) is 42.8 Å². The number of halogens is 3. The fourth-order valence-corrected chi connectivity index (χ4v) is 4.72. The van der Waals surface area contributed by atoms with Crippen LogP contribution in [0, 0.1) is 0 Å². The van der Waals surface area contributed by atoms with Crippen LogP contribution < -0.4 is 9.46 Å². The predicted octanol–water partition coefficient (Wildman–Crippen LogP) is 3.38. The summed E-state index contributed by atoms with van der Waals surface area (Å²) in [4.78, 5) is -0.605. The van der Waals surface area contributed by atoms with Crippen LogP contribution in [0.5, 0.6) is 5.75 Å². The minimum absolute atomic E-state index is 0.120. The first-order valence-corrected chi connectivity index (χ1v) is 11.2. The quantitative estimate of drug-likeness (QED) is 0.714. The van der Waals surface area contributed by atoms with E-state index in [1.54, 1.807) is 0 Å². The number of alkyl halides is 2. The fraction of sp³-hybridized carbons (Fsp3) is 0.250. The molecule has 0 aliphatic carbocycles. The van der Waals surface area contributed by atoms with Crippen LogP contribution in [0.25, 0.3) is 0 Å². The van der Waals surface area contributed by atoms with Crippen molar-refractivity contribution in [2.45, 2.75) is 29.4 Å². The van der Waals surface area contributed by atoms with E-state index in [2.05, 4.69) is 9.46 Å². The van der Waals surface area contributed by atoms with Crippen LogP contribution in [0.1, 0.15) is 18.5 Å². The van der Waals surface area contributed by atoms with Gasteiger partial charge in [0.1, 0.15) is 10.6 Å². The molecule has 1 N–H and O–H groups in total. The normalized spacial score (nSPS) is 13.6. The molecule has 0 bridgehead atoms. The molecule has 1 atom stereocenters. The fourth-order valence-electron chi connectivity index (χ4n) is 2.24. The van der Waals surface area contributed by atoms with E-state index in [0.29, 0.717) is 5.56 Å². The number of sulfonamides is 1. The van der Waals surface area contributed by atoms with E-state index in [-0.39, 0.29) is 15.7 Å². The van der Waals surface area contributed by atoms with E-state index >= 15 is 0 Å². The topological polar surface area (TPSA) is 89.5 Å². The SMILES string of the molecule is CC(NS(=O)(=O)c1cc(S(C)(=O)=O)ccc1Cl)c1cccc(OC(F)F)c1. The molecule has 6 nitrogen and oxygen atoms in total. The van der Waals surface area contributed by atoms with Gasteiger partial charge in [-0.15, -0.1) is 0 Å². The van der Waals surface area contributed by atoms with E-state index in [0.717, 1.165) is 12.3 Å². The maximum absolute atomic E-state index is 12.6. The summed E-state index contributed by atoms with van der Waals surface area (Å²) in [5, 5.41) is -0.156. The van der Waals surface area contributed by atoms with Gasteiger partial charge in [-0.25, -0.2) is 21.6 Å². The lowest BCUT2D eigenvalue weighted by molar-refractivity contribution is -0.0499. The lowest BCUT2D eigenvalue weighted by Crippen LogP contribution is -2.27. The summed E-state index contributed by atoms with van der Waals surface area (Å²) in [5.41, 5.74) is 0.368. The largest absolute Gasteiger partial charge is 0.435 e. The predicted molar refractivity (Wildman–Crippen MR) is 96.4 cm³/mol. The molecule has 1 unspecified atom stereocenters. The van der Waals surface area contributed by atoms with Gasteiger partial charge in [0.15, 0.2) is 9.84 Å². The standard InChI is InChI=1S/C16H16ClF2NO5S2/c1-10(11-4-3-5-12(8-11)25-16(18)19)20-27(23,24)15-9-13(26(2,21)22)6-7-14(15)17/h3-10,16,20H,1-2H3. The molecule has 2 aromatic carbocycles. The second-order valence-corrected chi connectivity index (χ2v) is 9.76. The van der Waals surface area contributed by atoms with Crippen LogP contribution >= 0.6 is 11.6 Å². The second kappa shape index (κ2) is 8.09. The third-order valence-corrected chi connectivity index (χ3v) is 6.67. The van der Waals surface area contributed by atoms with Gasteiger partial charge in [-0.3, -0.25) is 0 Å². The molecule has 2 aromatic rings. The Morgan fingerprint density at radius 1 is 1.07 bits per heavy atom. The maximum Gasteiger partial charge on any atom is 0.387 e. The number of sulfone groups is 1. The Labute approximate surface area is 161 Å². The summed E-state index contributed by atoms with van der Waals surface area (Å²) < 4.78 is 79.9. The maximum atomic E-state index is 12.6. The highest BCUT2D eigenvalue weighted by Crippen LogP contribution is 2.27. The Hall–Kier alpha value is -1.75. The average molecular weight is 440 g/mol. The van der Waals surface area contributed by atoms with E-state index < -0.39 is 37.4 Å². The van der Waals surface area contributed by atoms with Crippen molar-refractivity contribution in [1.29, 1.82) is 0 Å². The van der Waals surface area contributed by atoms with Crippen LogP contribution in [0.3, 0.4) is 0 Å². The van der Waals surface area contributed by atoms with Crippen molar-refractivity contribution in [2.75, 3.05) is 6.26 Å². The Morgan fingerprint density at radius 3 is 2.33 bits per heavy atom. The number of benzene rings is 2. The number of hydrogen-bond donors (Lipinski definition) is 1. The van der Waals surface area contributed by atoms with Crippen LogP contribution in [-0.2, 0) is 19.9 Å². The lowest BCUT2D eigenvalue weighted by Gasteiger charge is -2.17. The smallest absolute Gasteiger partial charge is 0.387 e. The Morgan fingerprint density at radius 2 is 1.74 bits per heavy atom. The highest BCUT2D eigenvalue weighted by molar-refractivity contribution is 7.91. The molecule has 2 rings (SSSR count). The summed E-state index contributed by atoms with van der Waals surface area (Å²) in [6.45, 7) is -1.52. The van der Waals surface area contributed by atoms with Gasteiger partial charge in [0.05, 0.1) is 9.92 Å². The number of ether oxygens (including phenoxy) is 1. The summed E-state index contributed by atoms with van der Waals surface area (Å²) >= 11 is 5.93. The summed E-state index contributed by atoms with van der Waals surface area (Å²) in [6, 6.07) is 8.06. The molecular formula is C16H16ClF2NO5S2. The van der Waals surface area contributed by atoms with Crippen molar-refractivity contribution < 1.29 is 30.4 Å². The zero-order valence-electron chi connectivity index (χ0n) is 14.2. The van der Waals surface area contributed by atoms with Gasteiger partial charge < -0.3 is 4.74 Å². The molecular weight excluding hydrogens is 424 g/mol. The van der Waals surface area contributed by atoms with Gasteiger partial charge in [-0.2, -0.15) is 8.78 Å². The van der Waals surface area contributed by atoms with Crippen molar-refractivity contribution in [3.05, 3.63) is 53.1 Å². The molecule has 11 heteroatoms. The van der Waals surface area contributed by atoms with Gasteiger partial charge in [0, 0.05) is 12.3 Å². The molecule has 0 aliphatic rings. The highest BCUT2D eigenvalue weighted by atomic mass is 35.5. The zero-order chi connectivity index (χ0) is 20.4. The van der Waals surface area contributed by atoms with Crippen LogP contribution in [0.2, 0.25) is 5.02 Å². The number of hydrogen-bond acceptors (Lipinski definition) is 5. The minimum atomic E-state index is -4.19. The number of nitrogens with one attached hydrogen (secondary N) is 1. The van der Waals surface area contributed by atoms with Crippen molar-refractivity contribution in [3.63, 3.8) is 0 Å². The monoisotopic (exact) mass is 439 g/mol. The van der Waals surface area contributed by atoms with Crippen molar-refractivity contribution >= 4 is 31.5 Å². The van der Waals surface area contributed by atoms with E-state index in [4.69, 9.17) is 11.6 Å². The first-order valence-electron chi connectivity index (χ1n) is 7.47. The molecule has 0 radical (unpaired) electrons. The zero-order valence-corrected chi connectivity index (χ0v) is 16.6. The van der Waals surface area contributed by atoms with E-state index in [9.17, 15) is 25.6 Å². The molecule has 0 saturated heterocycles. The van der Waals surface area contributed by atoms with Gasteiger partial charge in [0.2, 0.25) is 10.0 Å². The summed E-state index contributed by atoms with van der Waals surface area (Å²) in [7, 11) is -7.83. The van der Waals surface area contributed by atoms with Gasteiger partial charge in [-0.1, -0.05) is 23.7 Å². The Kier molecular flexibility index (Phi) is 6.46. The van der Waals surface area contributed by atoms with Crippen molar-refractivity contribution in [3.8, 4) is 5.75 Å². The van der Waals surface area contributed by atoms with Crippen LogP contribution in [0.15, 0.2) is 52.3 Å². The van der Waals surface area contributed by atoms with Crippen molar-refractivity contribution in [1.82, 2.24) is 4.72 Å². The average Bonchev–Trinajstić information content (AvgIpc) is 2.53. The molecule has 0 aliphatic heterocycles. The second-order valence-electron chi connectivity index (χ2n) is 5.66. The van der Waals surface area contributed by atoms with Crippen LogP contribution in [0.4, 0.5) is 8.78 Å². The minimum Gasteiger partial charge on any atom is -0.435 e. The first-order chi connectivity index (χ1) is 12.4. The molecule has 0 heterocycles. The molecule has 0 saturated carbocycles. The van der Waals surface area contributed by atoms with Gasteiger partial charge in [0.25, 0.3) is 0 Å². The first kappa shape index (κ1) is 21.5. The Bertz CT molecular complexity index is 1040. The third-order valence-electron chi connectivity index (χ3n) is 3.54. The molecule has 0 aromatic heterocycles.